The fourth-order valence-corrected chi connectivity index (χ4v) is 0.774. The van der Waals surface area contributed by atoms with Gasteiger partial charge in [-0.2, -0.15) is 0 Å². The molecule has 1 nitrogen and oxygen atoms in total. The van der Waals surface area contributed by atoms with Gasteiger partial charge in [0.2, 0.25) is 0 Å². The van der Waals surface area contributed by atoms with E-state index in [0.717, 1.165) is 0 Å². The van der Waals surface area contributed by atoms with Crippen LogP contribution in [0.25, 0.3) is 0 Å². The van der Waals surface area contributed by atoms with Crippen LogP contribution in [0.3, 0.4) is 0 Å². The third-order valence-corrected chi connectivity index (χ3v) is 1.88. The Bertz CT molecular complexity index is 136. The maximum atomic E-state index is 12.1. The molecule has 1 aliphatic rings. The van der Waals surface area contributed by atoms with Crippen molar-refractivity contribution in [3.8, 4) is 0 Å². The predicted molar refractivity (Wildman–Crippen MR) is 25.3 cm³/mol. The van der Waals surface area contributed by atoms with E-state index >= 15 is 0 Å². The molecule has 0 aliphatic heterocycles. The minimum Gasteiger partial charge on any atom is -0.388 e. The van der Waals surface area contributed by atoms with E-state index in [4.69, 9.17) is 5.11 Å². The first kappa shape index (κ1) is 7.15. The molecule has 1 aliphatic carbocycles. The largest absolute Gasteiger partial charge is 0.388 e. The fraction of sp³-hybridized carbons (Fsp3) is 1.00. The molecule has 0 spiro atoms. The van der Waals surface area contributed by atoms with Crippen molar-refractivity contribution in [3.63, 3.8) is 0 Å². The summed E-state index contributed by atoms with van der Waals surface area (Å²) in [6.07, 6.45) is -2.61. The molecule has 0 amide bonds. The highest BCUT2D eigenvalue weighted by atomic mass is 35.5. The number of halogens is 4. The maximum Gasteiger partial charge on any atom is 0.300 e. The molecule has 0 heterocycles. The molecule has 0 radical (unpaired) electrons. The lowest BCUT2D eigenvalue weighted by molar-refractivity contribution is -0.232. The fourth-order valence-electron chi connectivity index (χ4n) is 0.620. The van der Waals surface area contributed by atoms with Crippen LogP contribution in [0.1, 0.15) is 6.42 Å². The van der Waals surface area contributed by atoms with Gasteiger partial charge in [-0.1, -0.05) is 11.6 Å². The van der Waals surface area contributed by atoms with Crippen LogP contribution in [0.15, 0.2) is 0 Å². The van der Waals surface area contributed by atoms with E-state index in [1.807, 2.05) is 0 Å². The molecule has 0 saturated heterocycles. The first-order chi connectivity index (χ1) is 3.88. The normalized spacial score (nSPS) is 48.3. The highest BCUT2D eigenvalue weighted by Gasteiger charge is 2.69. The average Bonchev–Trinajstić information content (AvgIpc) is 1.65. The highest BCUT2D eigenvalue weighted by molar-refractivity contribution is 6.24. The van der Waals surface area contributed by atoms with Crippen molar-refractivity contribution < 1.29 is 18.3 Å². The molecule has 0 aromatic rings. The molecular formula is C4H4ClF3O. The van der Waals surface area contributed by atoms with Gasteiger partial charge in [-0.25, -0.2) is 13.2 Å². The molecule has 1 saturated carbocycles. The highest BCUT2D eigenvalue weighted by Crippen LogP contribution is 2.52. The van der Waals surface area contributed by atoms with E-state index in [1.54, 1.807) is 0 Å². The van der Waals surface area contributed by atoms with E-state index in [-0.39, 0.29) is 0 Å². The zero-order valence-corrected chi connectivity index (χ0v) is 5.00. The number of hydrogen-bond donors (Lipinski definition) is 1. The number of hydrogen-bond acceptors (Lipinski definition) is 1. The smallest absolute Gasteiger partial charge is 0.300 e. The van der Waals surface area contributed by atoms with E-state index < -0.39 is 23.6 Å². The molecule has 0 unspecified atom stereocenters. The summed E-state index contributed by atoms with van der Waals surface area (Å²) in [5.74, 6) is -3.56. The van der Waals surface area contributed by atoms with Crippen molar-refractivity contribution in [3.05, 3.63) is 0 Å². The van der Waals surface area contributed by atoms with E-state index in [1.165, 1.54) is 0 Å². The van der Waals surface area contributed by atoms with Gasteiger partial charge in [0, 0.05) is 6.42 Å². The Morgan fingerprint density at radius 2 is 1.89 bits per heavy atom. The zero-order valence-electron chi connectivity index (χ0n) is 4.24. The van der Waals surface area contributed by atoms with Gasteiger partial charge in [0.05, 0.1) is 0 Å². The standard InChI is InChI=1S/C4H4ClF3O/c5-4(8)2(9)1-3(4,6)7/h2,9H,1H2/t2-,4-/m1/s1. The topological polar surface area (TPSA) is 20.2 Å². The van der Waals surface area contributed by atoms with Gasteiger partial charge in [0.15, 0.2) is 0 Å². The SMILES string of the molecule is O[C@@H]1CC(F)(F)[C@@]1(F)Cl. The molecule has 1 rings (SSSR count). The van der Waals surface area contributed by atoms with Crippen LogP contribution in [0.4, 0.5) is 13.2 Å². The molecule has 5 heteroatoms. The quantitative estimate of drug-likeness (QED) is 0.530. The first-order valence-electron chi connectivity index (χ1n) is 2.31. The van der Waals surface area contributed by atoms with Gasteiger partial charge in [-0.15, -0.1) is 0 Å². The summed E-state index contributed by atoms with van der Waals surface area (Å²) >= 11 is 4.58. The van der Waals surface area contributed by atoms with Crippen LogP contribution < -0.4 is 0 Å². The first-order valence-corrected chi connectivity index (χ1v) is 2.69. The average molecular weight is 161 g/mol. The molecule has 1 N–H and O–H groups in total. The summed E-state index contributed by atoms with van der Waals surface area (Å²) in [7, 11) is 0. The van der Waals surface area contributed by atoms with Crippen molar-refractivity contribution in [2.75, 3.05) is 0 Å². The second-order valence-electron chi connectivity index (χ2n) is 2.05. The summed E-state index contributed by atoms with van der Waals surface area (Å²) < 4.78 is 35.9. The minimum atomic E-state index is -3.56. The number of aliphatic hydroxyl groups is 1. The van der Waals surface area contributed by atoms with Crippen molar-refractivity contribution in [1.82, 2.24) is 0 Å². The molecule has 0 aromatic carbocycles. The molecule has 9 heavy (non-hydrogen) atoms. The third-order valence-electron chi connectivity index (χ3n) is 1.36. The number of rotatable bonds is 0. The zero-order chi connectivity index (χ0) is 7.28. The van der Waals surface area contributed by atoms with Crippen molar-refractivity contribution in [2.45, 2.75) is 23.6 Å². The summed E-state index contributed by atoms with van der Waals surface area (Å²) in [5.41, 5.74) is 0. The summed E-state index contributed by atoms with van der Waals surface area (Å²) in [6, 6.07) is 0. The lowest BCUT2D eigenvalue weighted by Crippen LogP contribution is -2.61. The van der Waals surface area contributed by atoms with Crippen LogP contribution in [0.2, 0.25) is 0 Å². The van der Waals surface area contributed by atoms with Crippen LogP contribution in [0, 0.1) is 0 Å². The van der Waals surface area contributed by atoms with E-state index in [0.29, 0.717) is 0 Å². The summed E-state index contributed by atoms with van der Waals surface area (Å²) in [4.78, 5) is 0. The van der Waals surface area contributed by atoms with Crippen LogP contribution in [-0.4, -0.2) is 22.3 Å². The van der Waals surface area contributed by atoms with Crippen molar-refractivity contribution in [2.24, 2.45) is 0 Å². The molecule has 0 aromatic heterocycles. The Labute approximate surface area is 54.4 Å². The molecule has 1 fully saturated rings. The molecule has 2 atom stereocenters. The minimum absolute atomic E-state index is 0.882. The lowest BCUT2D eigenvalue weighted by atomic mass is 9.88. The van der Waals surface area contributed by atoms with Crippen LogP contribution in [-0.2, 0) is 0 Å². The second-order valence-corrected chi connectivity index (χ2v) is 2.60. The Balaban J connectivity index is 2.70. The third kappa shape index (κ3) is 0.730. The summed E-state index contributed by atoms with van der Waals surface area (Å²) in [5, 5.41) is 5.10. The Morgan fingerprint density at radius 3 is 1.89 bits per heavy atom. The van der Waals surface area contributed by atoms with Gasteiger partial charge < -0.3 is 5.11 Å². The second kappa shape index (κ2) is 1.55. The lowest BCUT2D eigenvalue weighted by Gasteiger charge is -2.41. The van der Waals surface area contributed by atoms with Gasteiger partial charge in [-0.3, -0.25) is 0 Å². The molecular weight excluding hydrogens is 156 g/mol. The summed E-state index contributed by atoms with van der Waals surface area (Å²) in [6.45, 7) is 0. The predicted octanol–water partition coefficient (Wildman–Crippen LogP) is 1.29. The number of alkyl halides is 4. The van der Waals surface area contributed by atoms with Crippen molar-refractivity contribution >= 4 is 11.6 Å². The molecule has 54 valence electrons. The number of aliphatic hydroxyl groups excluding tert-OH is 1. The van der Waals surface area contributed by atoms with E-state index in [2.05, 4.69) is 11.6 Å². The Kier molecular flexibility index (Phi) is 1.23. The van der Waals surface area contributed by atoms with Gasteiger partial charge >= 0.3 is 5.92 Å². The van der Waals surface area contributed by atoms with Gasteiger partial charge in [0.1, 0.15) is 6.10 Å². The Hall–Kier alpha value is 0.0400. The maximum absolute atomic E-state index is 12.1. The van der Waals surface area contributed by atoms with Crippen LogP contribution >= 0.6 is 11.6 Å². The van der Waals surface area contributed by atoms with Crippen LogP contribution in [0.5, 0.6) is 0 Å². The van der Waals surface area contributed by atoms with Gasteiger partial charge in [0.25, 0.3) is 5.13 Å². The molecule has 0 bridgehead atoms. The van der Waals surface area contributed by atoms with Crippen molar-refractivity contribution in [1.29, 1.82) is 0 Å². The Morgan fingerprint density at radius 1 is 1.44 bits per heavy atom. The van der Waals surface area contributed by atoms with Gasteiger partial charge in [-0.05, 0) is 0 Å². The van der Waals surface area contributed by atoms with E-state index in [9.17, 15) is 13.2 Å². The monoisotopic (exact) mass is 160 g/mol.